The maximum Gasteiger partial charge on any atom is 0.254 e. The van der Waals surface area contributed by atoms with Gasteiger partial charge in [0.05, 0.1) is 33.5 Å². The van der Waals surface area contributed by atoms with E-state index in [0.29, 0.717) is 22.0 Å². The van der Waals surface area contributed by atoms with Gasteiger partial charge >= 0.3 is 0 Å². The zero-order chi connectivity index (χ0) is 30.6. The molecule has 6 rings (SSSR count). The zero-order valence-electron chi connectivity index (χ0n) is 25.0. The monoisotopic (exact) mass is 629 g/mol. The summed E-state index contributed by atoms with van der Waals surface area (Å²) in [6.07, 6.45) is 4.91. The summed E-state index contributed by atoms with van der Waals surface area (Å²) in [5.74, 6) is 1.75. The van der Waals surface area contributed by atoms with E-state index in [0.717, 1.165) is 66.2 Å². The molecule has 0 bridgehead atoms. The molecular weight excluding hydrogens is 593 g/mol. The highest BCUT2D eigenvalue weighted by Gasteiger charge is 2.36. The number of rotatable bonds is 10. The largest absolute Gasteiger partial charge is 0.469 e. The van der Waals surface area contributed by atoms with E-state index in [-0.39, 0.29) is 24.0 Å². The number of amides is 1. The van der Waals surface area contributed by atoms with Crippen LogP contribution in [0.5, 0.6) is 0 Å². The molecule has 1 fully saturated rings. The van der Waals surface area contributed by atoms with Crippen LogP contribution in [0, 0.1) is 0 Å². The Hall–Kier alpha value is -3.78. The molecule has 0 aliphatic carbocycles. The summed E-state index contributed by atoms with van der Waals surface area (Å²) in [6, 6.07) is 25.7. The topological polar surface area (TPSA) is 77.4 Å². The number of furan rings is 1. The Morgan fingerprint density at radius 3 is 2.55 bits per heavy atom. The van der Waals surface area contributed by atoms with Crippen molar-refractivity contribution >= 4 is 46.1 Å². The Morgan fingerprint density at radius 2 is 1.84 bits per heavy atom. The Kier molecular flexibility index (Phi) is 9.26. The first kappa shape index (κ1) is 30.3. The average molecular weight is 631 g/mol. The van der Waals surface area contributed by atoms with Gasteiger partial charge in [-0.15, -0.1) is 0 Å². The Balaban J connectivity index is 1.20. The van der Waals surface area contributed by atoms with Crippen LogP contribution in [0.15, 0.2) is 89.5 Å². The van der Waals surface area contributed by atoms with E-state index in [1.807, 2.05) is 78.7 Å². The minimum Gasteiger partial charge on any atom is -0.469 e. The Morgan fingerprint density at radius 1 is 1.05 bits per heavy atom. The molecule has 3 heterocycles. The number of halogens is 2. The summed E-state index contributed by atoms with van der Waals surface area (Å²) in [4.78, 5) is 26.5. The molecule has 2 N–H and O–H groups in total. The minimum absolute atomic E-state index is 0.00184. The third-order valence-electron chi connectivity index (χ3n) is 8.69. The minimum atomic E-state index is -0.152. The molecule has 0 radical (unpaired) electrons. The van der Waals surface area contributed by atoms with E-state index in [1.54, 1.807) is 6.26 Å². The third kappa shape index (κ3) is 6.50. The van der Waals surface area contributed by atoms with E-state index in [4.69, 9.17) is 32.6 Å². The fourth-order valence-electron chi connectivity index (χ4n) is 6.44. The number of piperidine rings is 1. The molecule has 2 unspecified atom stereocenters. The number of H-pyrrole nitrogens is 1. The molecule has 3 aromatic carbocycles. The second-order valence-electron chi connectivity index (χ2n) is 11.5. The highest BCUT2D eigenvalue weighted by molar-refractivity contribution is 6.42. The number of fused-ring (bicyclic) bond motifs is 1. The number of carbonyl (C=O) groups is 1. The van der Waals surface area contributed by atoms with Crippen molar-refractivity contribution in [3.8, 4) is 0 Å². The molecule has 5 aromatic rings. The molecule has 2 aromatic heterocycles. The number of carbonyl (C=O) groups excluding carboxylic acids is 1. The van der Waals surface area contributed by atoms with Crippen molar-refractivity contribution in [3.63, 3.8) is 0 Å². The standard InChI is InChI=1S/C35H37Cl2N5O2/c1-3-28(24-14-15-29(36)30(37)22-24)33(41(2)34(43)23-9-5-4-6-10-23)42-18-16-26(17-19-42)38-35-39-31-13-7-11-25(32(31)40-35)21-27-12-8-20-44-27/h4-15,20,22,26,28,33H,3,16-19,21H2,1-2H3,(H2,38,39,40). The highest BCUT2D eigenvalue weighted by Crippen LogP contribution is 2.35. The smallest absolute Gasteiger partial charge is 0.254 e. The number of aromatic nitrogens is 2. The number of nitrogens with zero attached hydrogens (tertiary/aromatic N) is 3. The molecule has 228 valence electrons. The highest BCUT2D eigenvalue weighted by atomic mass is 35.5. The summed E-state index contributed by atoms with van der Waals surface area (Å²) in [5, 5.41) is 4.71. The predicted octanol–water partition coefficient (Wildman–Crippen LogP) is 8.22. The van der Waals surface area contributed by atoms with E-state index < -0.39 is 0 Å². The van der Waals surface area contributed by atoms with Crippen LogP contribution in [0.4, 0.5) is 5.95 Å². The molecule has 7 nitrogen and oxygen atoms in total. The quantitative estimate of drug-likeness (QED) is 0.163. The van der Waals surface area contributed by atoms with Gasteiger partial charge in [-0.05, 0) is 72.9 Å². The predicted molar refractivity (Wildman–Crippen MR) is 178 cm³/mol. The average Bonchev–Trinajstić information content (AvgIpc) is 3.72. The molecule has 0 saturated carbocycles. The molecule has 1 amide bonds. The van der Waals surface area contributed by atoms with Crippen molar-refractivity contribution in [2.45, 2.75) is 50.7 Å². The van der Waals surface area contributed by atoms with Gasteiger partial charge in [0.15, 0.2) is 0 Å². The first-order valence-corrected chi connectivity index (χ1v) is 15.9. The first-order valence-electron chi connectivity index (χ1n) is 15.2. The third-order valence-corrected chi connectivity index (χ3v) is 9.43. The van der Waals surface area contributed by atoms with Crippen LogP contribution in [0.1, 0.15) is 59.3 Å². The molecule has 0 spiro atoms. The molecule has 44 heavy (non-hydrogen) atoms. The SMILES string of the molecule is CCC(c1ccc(Cl)c(Cl)c1)C(N1CCC(Nc2nc3c(Cc4ccco4)cccc3[nH]2)CC1)N(C)C(=O)c1ccccc1. The van der Waals surface area contributed by atoms with E-state index in [2.05, 4.69) is 34.3 Å². The second-order valence-corrected chi connectivity index (χ2v) is 12.3. The van der Waals surface area contributed by atoms with Gasteiger partial charge in [0.2, 0.25) is 5.95 Å². The number of hydrogen-bond donors (Lipinski definition) is 2. The fraction of sp³-hybridized carbons (Fsp3) is 0.314. The van der Waals surface area contributed by atoms with Gasteiger partial charge in [0.1, 0.15) is 5.76 Å². The van der Waals surface area contributed by atoms with Crippen LogP contribution in [0.2, 0.25) is 10.0 Å². The van der Waals surface area contributed by atoms with Crippen LogP contribution in [-0.4, -0.2) is 58.0 Å². The lowest BCUT2D eigenvalue weighted by atomic mass is 9.90. The summed E-state index contributed by atoms with van der Waals surface area (Å²) < 4.78 is 5.57. The lowest BCUT2D eigenvalue weighted by molar-refractivity contribution is 0.0201. The van der Waals surface area contributed by atoms with Gasteiger partial charge in [-0.1, -0.05) is 66.5 Å². The number of likely N-dealkylation sites (tertiary alicyclic amines) is 1. The number of benzene rings is 3. The molecule has 1 aliphatic heterocycles. The molecule has 1 saturated heterocycles. The van der Waals surface area contributed by atoms with Crippen molar-refractivity contribution in [2.75, 3.05) is 25.5 Å². The van der Waals surface area contributed by atoms with Gasteiger partial charge in [-0.3, -0.25) is 9.69 Å². The lowest BCUT2D eigenvalue weighted by Gasteiger charge is -2.45. The number of para-hydroxylation sites is 1. The zero-order valence-corrected chi connectivity index (χ0v) is 26.5. The van der Waals surface area contributed by atoms with Crippen LogP contribution >= 0.6 is 23.2 Å². The second kappa shape index (κ2) is 13.5. The van der Waals surface area contributed by atoms with Crippen molar-refractivity contribution in [2.24, 2.45) is 0 Å². The molecular formula is C35H37Cl2N5O2. The van der Waals surface area contributed by atoms with Crippen molar-refractivity contribution in [3.05, 3.63) is 118 Å². The van der Waals surface area contributed by atoms with Crippen LogP contribution < -0.4 is 5.32 Å². The van der Waals surface area contributed by atoms with Gasteiger partial charge in [0, 0.05) is 44.1 Å². The van der Waals surface area contributed by atoms with E-state index >= 15 is 0 Å². The number of imidazole rings is 1. The van der Waals surface area contributed by atoms with E-state index in [9.17, 15) is 4.79 Å². The van der Waals surface area contributed by atoms with Gasteiger partial charge in [-0.25, -0.2) is 4.98 Å². The number of anilines is 1. The van der Waals surface area contributed by atoms with Gasteiger partial charge in [0.25, 0.3) is 5.91 Å². The van der Waals surface area contributed by atoms with Crippen molar-refractivity contribution in [1.82, 2.24) is 19.8 Å². The fourth-order valence-corrected chi connectivity index (χ4v) is 6.75. The number of likely N-dealkylation sites (N-methyl/N-ethyl adjacent to an activating group) is 1. The number of hydrogen-bond acceptors (Lipinski definition) is 5. The van der Waals surface area contributed by atoms with Crippen molar-refractivity contribution in [1.29, 1.82) is 0 Å². The Labute approximate surface area is 268 Å². The summed E-state index contributed by atoms with van der Waals surface area (Å²) in [6.45, 7) is 3.82. The number of nitrogens with one attached hydrogen (secondary N) is 2. The van der Waals surface area contributed by atoms with Crippen molar-refractivity contribution < 1.29 is 9.21 Å². The van der Waals surface area contributed by atoms with E-state index in [1.165, 1.54) is 0 Å². The molecule has 9 heteroatoms. The summed E-state index contributed by atoms with van der Waals surface area (Å²) in [7, 11) is 1.92. The van der Waals surface area contributed by atoms with Crippen LogP contribution in [0.3, 0.4) is 0 Å². The van der Waals surface area contributed by atoms with Gasteiger partial charge < -0.3 is 19.6 Å². The maximum absolute atomic E-state index is 13.7. The molecule has 1 aliphatic rings. The normalized spacial score (nSPS) is 15.7. The van der Waals surface area contributed by atoms with Crippen LogP contribution in [0.25, 0.3) is 11.0 Å². The summed E-state index contributed by atoms with van der Waals surface area (Å²) in [5.41, 5.74) is 4.84. The first-order chi connectivity index (χ1) is 21.4. The Bertz CT molecular complexity index is 1700. The number of aromatic amines is 1. The molecule has 2 atom stereocenters. The van der Waals surface area contributed by atoms with Crippen LogP contribution in [-0.2, 0) is 6.42 Å². The lowest BCUT2D eigenvalue weighted by Crippen LogP contribution is -2.55. The summed E-state index contributed by atoms with van der Waals surface area (Å²) >= 11 is 12.7. The van der Waals surface area contributed by atoms with Gasteiger partial charge in [-0.2, -0.15) is 0 Å². The maximum atomic E-state index is 13.7.